The van der Waals surface area contributed by atoms with Crippen LogP contribution >= 0.6 is 11.8 Å². The normalized spacial score (nSPS) is 11.9. The smallest absolute Gasteiger partial charge is 0.230 e. The van der Waals surface area contributed by atoms with E-state index in [2.05, 4.69) is 12.2 Å². The fraction of sp³-hybridized carbons (Fsp3) is 0.600. The summed E-state index contributed by atoms with van der Waals surface area (Å²) in [5, 5.41) is 2.55. The predicted octanol–water partition coefficient (Wildman–Crippen LogP) is 5.12. The summed E-state index contributed by atoms with van der Waals surface area (Å²) in [6.07, 6.45) is 10.8. The maximum absolute atomic E-state index is 11.7. The zero-order chi connectivity index (χ0) is 18.5. The number of anilines is 1. The van der Waals surface area contributed by atoms with Crippen molar-refractivity contribution in [2.24, 2.45) is 5.73 Å². The number of nitrogens with two attached hydrogens (primary N) is 1. The van der Waals surface area contributed by atoms with Crippen molar-refractivity contribution in [3.05, 3.63) is 24.3 Å². The first-order valence-electron chi connectivity index (χ1n) is 9.36. The first kappa shape index (κ1) is 21.6. The molecule has 0 aromatic heterocycles. The number of carbonyl (C=O) groups excluding carboxylic acids is 2. The minimum absolute atomic E-state index is 0.0925. The van der Waals surface area contributed by atoms with E-state index in [1.807, 2.05) is 24.3 Å². The van der Waals surface area contributed by atoms with Crippen LogP contribution in [-0.4, -0.2) is 17.1 Å². The Kier molecular flexibility index (Phi) is 11.0. The van der Waals surface area contributed by atoms with Crippen molar-refractivity contribution in [3.8, 4) is 0 Å². The van der Waals surface area contributed by atoms with Crippen LogP contribution in [0.15, 0.2) is 29.2 Å². The number of amides is 2. The second kappa shape index (κ2) is 12.8. The Morgan fingerprint density at radius 2 is 1.56 bits per heavy atom. The average Bonchev–Trinajstić information content (AvgIpc) is 2.57. The third-order valence-corrected chi connectivity index (χ3v) is 5.39. The molecule has 0 saturated carbocycles. The van der Waals surface area contributed by atoms with Gasteiger partial charge in [0.05, 0.1) is 5.25 Å². The molecule has 4 nitrogen and oxygen atoms in total. The van der Waals surface area contributed by atoms with Gasteiger partial charge in [0, 0.05) is 17.5 Å². The molecule has 0 bridgehead atoms. The molecular weight excluding hydrogens is 332 g/mol. The van der Waals surface area contributed by atoms with E-state index in [4.69, 9.17) is 5.73 Å². The maximum Gasteiger partial charge on any atom is 0.230 e. The van der Waals surface area contributed by atoms with Gasteiger partial charge in [-0.2, -0.15) is 0 Å². The first-order chi connectivity index (χ1) is 12.0. The summed E-state index contributed by atoms with van der Waals surface area (Å²) in [7, 11) is 0. The lowest BCUT2D eigenvalue weighted by atomic mass is 10.1. The molecule has 5 heteroatoms. The Morgan fingerprint density at radius 3 is 2.08 bits per heavy atom. The van der Waals surface area contributed by atoms with Crippen molar-refractivity contribution in [2.45, 2.75) is 81.8 Å². The summed E-state index contributed by atoms with van der Waals surface area (Å²) in [6, 6.07) is 7.52. The van der Waals surface area contributed by atoms with Gasteiger partial charge in [0.1, 0.15) is 0 Å². The van der Waals surface area contributed by atoms with E-state index in [0.29, 0.717) is 0 Å². The molecule has 1 aromatic rings. The van der Waals surface area contributed by atoms with Gasteiger partial charge in [-0.05, 0) is 30.7 Å². The molecule has 25 heavy (non-hydrogen) atoms. The number of benzene rings is 1. The fourth-order valence-electron chi connectivity index (χ4n) is 2.71. The summed E-state index contributed by atoms with van der Waals surface area (Å²) in [4.78, 5) is 23.7. The number of hydrogen-bond acceptors (Lipinski definition) is 3. The molecule has 0 heterocycles. The molecule has 0 saturated heterocycles. The molecule has 1 aromatic carbocycles. The number of unbranched alkanes of at least 4 members (excludes halogenated alkanes) is 7. The predicted molar refractivity (Wildman–Crippen MR) is 107 cm³/mol. The van der Waals surface area contributed by atoms with Crippen molar-refractivity contribution in [1.82, 2.24) is 0 Å². The lowest BCUT2D eigenvalue weighted by Crippen LogP contribution is -2.25. The highest BCUT2D eigenvalue weighted by Crippen LogP contribution is 2.28. The van der Waals surface area contributed by atoms with Gasteiger partial charge in [-0.25, -0.2) is 0 Å². The largest absolute Gasteiger partial charge is 0.369 e. The third-order valence-electron chi connectivity index (χ3n) is 4.09. The molecule has 0 aliphatic heterocycles. The Bertz CT molecular complexity index is 517. The number of rotatable bonds is 13. The zero-order valence-electron chi connectivity index (χ0n) is 15.6. The van der Waals surface area contributed by atoms with E-state index in [0.717, 1.165) is 29.8 Å². The second-order valence-corrected chi connectivity index (χ2v) is 7.75. The van der Waals surface area contributed by atoms with Crippen LogP contribution < -0.4 is 11.1 Å². The topological polar surface area (TPSA) is 72.2 Å². The van der Waals surface area contributed by atoms with Crippen molar-refractivity contribution in [2.75, 3.05) is 5.32 Å². The summed E-state index contributed by atoms with van der Waals surface area (Å²) in [5.41, 5.74) is 6.32. The van der Waals surface area contributed by atoms with Crippen LogP contribution in [0.1, 0.15) is 71.6 Å². The molecule has 0 radical (unpaired) electrons. The van der Waals surface area contributed by atoms with Crippen LogP contribution in [0.5, 0.6) is 0 Å². The minimum atomic E-state index is -0.251. The first-order valence-corrected chi connectivity index (χ1v) is 10.2. The van der Waals surface area contributed by atoms with E-state index in [9.17, 15) is 9.59 Å². The molecule has 0 spiro atoms. The standard InChI is InChI=1S/C20H32N2O2S/c1-3-4-5-6-7-8-9-10-11-19(20(21)24)25-18-14-12-17(13-15-18)22-16(2)23/h12-15,19H,3-11H2,1-2H3,(H2,21,24)(H,22,23). The average molecular weight is 365 g/mol. The second-order valence-electron chi connectivity index (χ2n) is 6.48. The number of thioether (sulfide) groups is 1. The minimum Gasteiger partial charge on any atom is -0.369 e. The Balaban J connectivity index is 2.32. The van der Waals surface area contributed by atoms with Crippen molar-refractivity contribution < 1.29 is 9.59 Å². The van der Waals surface area contributed by atoms with E-state index in [-0.39, 0.29) is 17.1 Å². The quantitative estimate of drug-likeness (QED) is 0.377. The van der Waals surface area contributed by atoms with Gasteiger partial charge in [-0.3, -0.25) is 9.59 Å². The van der Waals surface area contributed by atoms with Gasteiger partial charge < -0.3 is 11.1 Å². The van der Waals surface area contributed by atoms with Crippen LogP contribution in [0.4, 0.5) is 5.69 Å². The number of primary amides is 1. The lowest BCUT2D eigenvalue weighted by molar-refractivity contribution is -0.117. The number of carbonyl (C=O) groups is 2. The highest BCUT2D eigenvalue weighted by Gasteiger charge is 2.16. The molecule has 140 valence electrons. The summed E-state index contributed by atoms with van der Waals surface area (Å²) < 4.78 is 0. The molecule has 0 fully saturated rings. The monoisotopic (exact) mass is 364 g/mol. The van der Waals surface area contributed by atoms with E-state index >= 15 is 0 Å². The van der Waals surface area contributed by atoms with E-state index < -0.39 is 0 Å². The van der Waals surface area contributed by atoms with Crippen LogP contribution in [0.2, 0.25) is 0 Å². The fourth-order valence-corrected chi connectivity index (χ4v) is 3.73. The molecule has 1 atom stereocenters. The summed E-state index contributed by atoms with van der Waals surface area (Å²) in [5.74, 6) is -0.344. The molecule has 0 aliphatic rings. The summed E-state index contributed by atoms with van der Waals surface area (Å²) >= 11 is 1.51. The van der Waals surface area contributed by atoms with Crippen molar-refractivity contribution in [3.63, 3.8) is 0 Å². The molecule has 2 amide bonds. The lowest BCUT2D eigenvalue weighted by Gasteiger charge is -2.13. The van der Waals surface area contributed by atoms with Gasteiger partial charge >= 0.3 is 0 Å². The van der Waals surface area contributed by atoms with Gasteiger partial charge in [-0.15, -0.1) is 11.8 Å². The molecule has 1 unspecified atom stereocenters. The van der Waals surface area contributed by atoms with Gasteiger partial charge in [0.15, 0.2) is 0 Å². The van der Waals surface area contributed by atoms with Crippen LogP contribution in [-0.2, 0) is 9.59 Å². The van der Waals surface area contributed by atoms with Crippen molar-refractivity contribution in [1.29, 1.82) is 0 Å². The highest BCUT2D eigenvalue weighted by atomic mass is 32.2. The Morgan fingerprint density at radius 1 is 1.00 bits per heavy atom. The third kappa shape index (κ3) is 10.2. The zero-order valence-corrected chi connectivity index (χ0v) is 16.4. The van der Waals surface area contributed by atoms with E-state index in [1.54, 1.807) is 0 Å². The van der Waals surface area contributed by atoms with Crippen LogP contribution in [0.25, 0.3) is 0 Å². The number of hydrogen-bond donors (Lipinski definition) is 2. The molecule has 3 N–H and O–H groups in total. The molecule has 1 rings (SSSR count). The Hall–Kier alpha value is -1.49. The molecule has 0 aliphatic carbocycles. The molecular formula is C20H32N2O2S. The SMILES string of the molecule is CCCCCCCCCCC(Sc1ccc(NC(C)=O)cc1)C(N)=O. The van der Waals surface area contributed by atoms with Gasteiger partial charge in [-0.1, -0.05) is 58.3 Å². The van der Waals surface area contributed by atoms with E-state index in [1.165, 1.54) is 57.2 Å². The maximum atomic E-state index is 11.7. The summed E-state index contributed by atoms with van der Waals surface area (Å²) in [6.45, 7) is 3.71. The van der Waals surface area contributed by atoms with Gasteiger partial charge in [0.25, 0.3) is 0 Å². The van der Waals surface area contributed by atoms with Gasteiger partial charge in [0.2, 0.25) is 11.8 Å². The highest BCUT2D eigenvalue weighted by molar-refractivity contribution is 8.00. The Labute approximate surface area is 156 Å². The van der Waals surface area contributed by atoms with Crippen LogP contribution in [0.3, 0.4) is 0 Å². The van der Waals surface area contributed by atoms with Crippen molar-refractivity contribution >= 4 is 29.3 Å². The van der Waals surface area contributed by atoms with Crippen LogP contribution in [0, 0.1) is 0 Å². The number of nitrogens with one attached hydrogen (secondary N) is 1.